The number of hydrogen-bond acceptors (Lipinski definition) is 3. The van der Waals surface area contributed by atoms with Crippen molar-refractivity contribution in [3.8, 4) is 0 Å². The van der Waals surface area contributed by atoms with Crippen molar-refractivity contribution in [3.05, 3.63) is 46.2 Å². The van der Waals surface area contributed by atoms with Crippen LogP contribution in [0.3, 0.4) is 0 Å². The predicted molar refractivity (Wildman–Crippen MR) is 72.1 cm³/mol. The topological polar surface area (TPSA) is 38.0 Å². The summed E-state index contributed by atoms with van der Waals surface area (Å²) in [7, 11) is 0. The molecule has 1 aromatic heterocycles. The average molecular weight is 232 g/mol. The van der Waals surface area contributed by atoms with Crippen molar-refractivity contribution < 1.29 is 0 Å². The minimum atomic E-state index is 0.855. The number of hydrogen-bond donors (Lipinski definition) is 2. The molecule has 0 spiro atoms. The number of nitrogens with one attached hydrogen (secondary N) is 1. The number of aryl methyl sites for hydroxylation is 1. The van der Waals surface area contributed by atoms with E-state index in [0.29, 0.717) is 0 Å². The van der Waals surface area contributed by atoms with E-state index < -0.39 is 0 Å². The van der Waals surface area contributed by atoms with Crippen LogP contribution in [0.25, 0.3) is 0 Å². The lowest BCUT2D eigenvalue weighted by Crippen LogP contribution is -2.06. The van der Waals surface area contributed by atoms with E-state index in [9.17, 15) is 0 Å². The molecular weight excluding hydrogens is 216 g/mol. The third-order valence-corrected chi connectivity index (χ3v) is 3.53. The first-order chi connectivity index (χ1) is 7.77. The van der Waals surface area contributed by atoms with Gasteiger partial charge in [0.2, 0.25) is 0 Å². The molecule has 0 amide bonds. The Hall–Kier alpha value is -1.48. The summed E-state index contributed by atoms with van der Waals surface area (Å²) in [4.78, 5) is 1.40. The summed E-state index contributed by atoms with van der Waals surface area (Å²) in [6.07, 6.45) is 1.05. The third-order valence-electron chi connectivity index (χ3n) is 2.59. The SMILES string of the molecule is Cc1cccc(NCCc2cccs2)c1N. The molecule has 0 aliphatic rings. The van der Waals surface area contributed by atoms with Crippen molar-refractivity contribution in [1.82, 2.24) is 0 Å². The Morgan fingerprint density at radius 2 is 2.12 bits per heavy atom. The standard InChI is InChI=1S/C13H16N2S/c1-10-4-2-6-12(13(10)14)15-8-7-11-5-3-9-16-11/h2-6,9,15H,7-8,14H2,1H3. The molecule has 2 rings (SSSR count). The van der Waals surface area contributed by atoms with E-state index in [1.165, 1.54) is 4.88 Å². The van der Waals surface area contributed by atoms with Crippen molar-refractivity contribution in [2.45, 2.75) is 13.3 Å². The molecule has 0 saturated carbocycles. The quantitative estimate of drug-likeness (QED) is 0.794. The normalized spacial score (nSPS) is 10.3. The van der Waals surface area contributed by atoms with Crippen molar-refractivity contribution in [1.29, 1.82) is 0 Å². The van der Waals surface area contributed by atoms with Crippen molar-refractivity contribution in [2.24, 2.45) is 0 Å². The molecule has 3 heteroatoms. The molecule has 1 heterocycles. The zero-order valence-corrected chi connectivity index (χ0v) is 10.2. The first-order valence-electron chi connectivity index (χ1n) is 5.38. The summed E-state index contributed by atoms with van der Waals surface area (Å²) in [5.74, 6) is 0. The van der Waals surface area contributed by atoms with Gasteiger partial charge in [-0.2, -0.15) is 0 Å². The smallest absolute Gasteiger partial charge is 0.0579 e. The second-order valence-corrected chi connectivity index (χ2v) is 4.82. The molecule has 0 unspecified atom stereocenters. The van der Waals surface area contributed by atoms with Crippen LogP contribution in [0.4, 0.5) is 11.4 Å². The van der Waals surface area contributed by atoms with Gasteiger partial charge < -0.3 is 11.1 Å². The molecule has 2 aromatic rings. The van der Waals surface area contributed by atoms with Gasteiger partial charge in [-0.3, -0.25) is 0 Å². The van der Waals surface area contributed by atoms with E-state index in [2.05, 4.69) is 22.8 Å². The Bertz CT molecular complexity index is 449. The van der Waals surface area contributed by atoms with Crippen molar-refractivity contribution in [3.63, 3.8) is 0 Å². The summed E-state index contributed by atoms with van der Waals surface area (Å²) in [6.45, 7) is 2.95. The highest BCUT2D eigenvalue weighted by Gasteiger charge is 2.00. The van der Waals surface area contributed by atoms with Crippen LogP contribution in [0.15, 0.2) is 35.7 Å². The fourth-order valence-electron chi connectivity index (χ4n) is 1.61. The molecular formula is C13H16N2S. The lowest BCUT2D eigenvalue weighted by molar-refractivity contribution is 1.04. The van der Waals surface area contributed by atoms with Gasteiger partial charge >= 0.3 is 0 Å². The van der Waals surface area contributed by atoms with Gasteiger partial charge in [0, 0.05) is 11.4 Å². The van der Waals surface area contributed by atoms with Crippen molar-refractivity contribution in [2.75, 3.05) is 17.6 Å². The molecule has 1 aromatic carbocycles. The van der Waals surface area contributed by atoms with Crippen LogP contribution in [0.2, 0.25) is 0 Å². The maximum absolute atomic E-state index is 5.98. The lowest BCUT2D eigenvalue weighted by atomic mass is 10.1. The van der Waals surface area contributed by atoms with Crippen LogP contribution in [-0.4, -0.2) is 6.54 Å². The highest BCUT2D eigenvalue weighted by atomic mass is 32.1. The second kappa shape index (κ2) is 5.03. The Morgan fingerprint density at radius 1 is 1.25 bits per heavy atom. The molecule has 0 radical (unpaired) electrons. The summed E-state index contributed by atoms with van der Waals surface area (Å²) < 4.78 is 0. The molecule has 2 nitrogen and oxygen atoms in total. The minimum absolute atomic E-state index is 0.855. The maximum atomic E-state index is 5.98. The Labute approximate surface area is 100 Å². The Kier molecular flexibility index (Phi) is 3.47. The molecule has 0 aliphatic carbocycles. The van der Waals surface area contributed by atoms with Crippen LogP contribution >= 0.6 is 11.3 Å². The zero-order valence-electron chi connectivity index (χ0n) is 9.36. The number of nitrogens with two attached hydrogens (primary N) is 1. The van der Waals surface area contributed by atoms with Crippen LogP contribution < -0.4 is 11.1 Å². The van der Waals surface area contributed by atoms with Gasteiger partial charge in [-0.15, -0.1) is 11.3 Å². The molecule has 0 saturated heterocycles. The summed E-state index contributed by atoms with van der Waals surface area (Å²) in [5.41, 5.74) is 9.00. The predicted octanol–water partition coefficient (Wildman–Crippen LogP) is 3.29. The minimum Gasteiger partial charge on any atom is -0.397 e. The fraction of sp³-hybridized carbons (Fsp3) is 0.231. The first-order valence-corrected chi connectivity index (χ1v) is 6.26. The molecule has 0 atom stereocenters. The number of para-hydroxylation sites is 1. The first kappa shape index (κ1) is 11.0. The van der Waals surface area contributed by atoms with Gasteiger partial charge in [0.25, 0.3) is 0 Å². The lowest BCUT2D eigenvalue weighted by Gasteiger charge is -2.10. The summed E-state index contributed by atoms with van der Waals surface area (Å²) in [6, 6.07) is 10.3. The van der Waals surface area contributed by atoms with Crippen LogP contribution in [0, 0.1) is 6.92 Å². The number of benzene rings is 1. The van der Waals surface area contributed by atoms with E-state index in [-0.39, 0.29) is 0 Å². The fourth-order valence-corrected chi connectivity index (χ4v) is 2.32. The molecule has 0 bridgehead atoms. The van der Waals surface area contributed by atoms with E-state index in [0.717, 1.165) is 29.9 Å². The highest BCUT2D eigenvalue weighted by Crippen LogP contribution is 2.21. The summed E-state index contributed by atoms with van der Waals surface area (Å²) >= 11 is 1.79. The van der Waals surface area contributed by atoms with Crippen molar-refractivity contribution >= 4 is 22.7 Å². The van der Waals surface area contributed by atoms with E-state index in [1.807, 2.05) is 25.1 Å². The maximum Gasteiger partial charge on any atom is 0.0579 e. The number of anilines is 2. The largest absolute Gasteiger partial charge is 0.397 e. The highest BCUT2D eigenvalue weighted by molar-refractivity contribution is 7.09. The zero-order chi connectivity index (χ0) is 11.4. The van der Waals surface area contributed by atoms with E-state index >= 15 is 0 Å². The average Bonchev–Trinajstić information content (AvgIpc) is 2.77. The number of rotatable bonds is 4. The van der Waals surface area contributed by atoms with Gasteiger partial charge in [0.1, 0.15) is 0 Å². The van der Waals surface area contributed by atoms with Gasteiger partial charge in [0.05, 0.1) is 11.4 Å². The Morgan fingerprint density at radius 3 is 2.88 bits per heavy atom. The van der Waals surface area contributed by atoms with Gasteiger partial charge in [0.15, 0.2) is 0 Å². The molecule has 3 N–H and O–H groups in total. The monoisotopic (exact) mass is 232 g/mol. The van der Waals surface area contributed by atoms with Gasteiger partial charge in [-0.05, 0) is 36.4 Å². The van der Waals surface area contributed by atoms with Crippen LogP contribution in [0.5, 0.6) is 0 Å². The van der Waals surface area contributed by atoms with E-state index in [1.54, 1.807) is 11.3 Å². The van der Waals surface area contributed by atoms with Crippen LogP contribution in [0.1, 0.15) is 10.4 Å². The Balaban J connectivity index is 1.92. The second-order valence-electron chi connectivity index (χ2n) is 3.79. The van der Waals surface area contributed by atoms with E-state index in [4.69, 9.17) is 5.73 Å². The number of nitrogen functional groups attached to an aromatic ring is 1. The van der Waals surface area contributed by atoms with Gasteiger partial charge in [-0.1, -0.05) is 18.2 Å². The molecule has 0 aliphatic heterocycles. The molecule has 84 valence electrons. The van der Waals surface area contributed by atoms with Crippen LogP contribution in [-0.2, 0) is 6.42 Å². The van der Waals surface area contributed by atoms with Gasteiger partial charge in [-0.25, -0.2) is 0 Å². The number of thiophene rings is 1. The summed E-state index contributed by atoms with van der Waals surface area (Å²) in [5, 5.41) is 5.48. The molecule has 0 fully saturated rings. The molecule has 16 heavy (non-hydrogen) atoms. The third kappa shape index (κ3) is 2.55.